The molecule has 0 radical (unpaired) electrons. The van der Waals surface area contributed by atoms with Gasteiger partial charge in [-0.3, -0.25) is 4.79 Å². The molecule has 2 saturated carbocycles. The molecule has 0 spiro atoms. The lowest BCUT2D eigenvalue weighted by atomic mass is 9.79. The maximum atomic E-state index is 12.9. The molecule has 2 fully saturated rings. The molecular formula is C11H12F3NO. The first-order valence-electron chi connectivity index (χ1n) is 5.29. The highest BCUT2D eigenvalue weighted by atomic mass is 19.4. The molecule has 2 aliphatic rings. The third kappa shape index (κ3) is 1.35. The van der Waals surface area contributed by atoms with E-state index < -0.39 is 17.0 Å². The van der Waals surface area contributed by atoms with Gasteiger partial charge in [0.2, 0.25) is 5.78 Å². The first kappa shape index (κ1) is 11.4. The van der Waals surface area contributed by atoms with Crippen LogP contribution in [0.5, 0.6) is 0 Å². The molecule has 0 aromatic heterocycles. The lowest BCUT2D eigenvalue weighted by molar-refractivity contribution is -0.220. The fraction of sp³-hybridized carbons (Fsp3) is 0.818. The fourth-order valence-electron chi connectivity index (χ4n) is 3.21. The van der Waals surface area contributed by atoms with Crippen molar-refractivity contribution in [2.75, 3.05) is 6.54 Å². The summed E-state index contributed by atoms with van der Waals surface area (Å²) in [5.41, 5.74) is -2.47. The molecule has 0 heterocycles. The summed E-state index contributed by atoms with van der Waals surface area (Å²) in [6, 6.07) is 0. The Kier molecular flexibility index (Phi) is 2.30. The molecule has 5 heteroatoms. The summed E-state index contributed by atoms with van der Waals surface area (Å²) in [4.78, 5) is 14.7. The summed E-state index contributed by atoms with van der Waals surface area (Å²) < 4.78 is 38.7. The topological polar surface area (TPSA) is 21.4 Å². The van der Waals surface area contributed by atoms with E-state index >= 15 is 0 Å². The number of Topliss-reactive ketones (excluding diaryl/α,β-unsaturated/α-hetero) is 1. The van der Waals surface area contributed by atoms with Gasteiger partial charge in [-0.05, 0) is 32.1 Å². The van der Waals surface area contributed by atoms with Crippen LogP contribution in [-0.4, -0.2) is 18.5 Å². The van der Waals surface area contributed by atoms with Gasteiger partial charge in [-0.25, -0.2) is 6.57 Å². The zero-order valence-electron chi connectivity index (χ0n) is 8.73. The number of halogens is 3. The van der Waals surface area contributed by atoms with Crippen molar-refractivity contribution in [3.63, 3.8) is 0 Å². The predicted molar refractivity (Wildman–Crippen MR) is 50.5 cm³/mol. The Bertz CT molecular complexity index is 358. The van der Waals surface area contributed by atoms with Crippen molar-refractivity contribution >= 4 is 5.78 Å². The van der Waals surface area contributed by atoms with Crippen molar-refractivity contribution in [3.05, 3.63) is 11.4 Å². The minimum atomic E-state index is -4.20. The van der Waals surface area contributed by atoms with Gasteiger partial charge >= 0.3 is 6.18 Å². The molecule has 16 heavy (non-hydrogen) atoms. The average molecular weight is 231 g/mol. The number of hydrogen-bond acceptors (Lipinski definition) is 1. The monoisotopic (exact) mass is 231 g/mol. The first-order chi connectivity index (χ1) is 7.35. The summed E-state index contributed by atoms with van der Waals surface area (Å²) in [7, 11) is 0. The normalized spacial score (nSPS) is 37.4. The number of alkyl halides is 3. The van der Waals surface area contributed by atoms with Crippen molar-refractivity contribution in [3.8, 4) is 0 Å². The second kappa shape index (κ2) is 3.22. The zero-order chi connectivity index (χ0) is 12.0. The minimum absolute atomic E-state index is 0.0558. The Balaban J connectivity index is 2.22. The Labute approximate surface area is 91.6 Å². The van der Waals surface area contributed by atoms with Gasteiger partial charge in [0.05, 0.1) is 5.41 Å². The maximum absolute atomic E-state index is 12.9. The number of nitrogens with zero attached hydrogens (tertiary/aromatic N) is 1. The molecule has 0 aromatic carbocycles. The van der Waals surface area contributed by atoms with E-state index in [-0.39, 0.29) is 31.6 Å². The molecule has 0 aliphatic heterocycles. The van der Waals surface area contributed by atoms with Crippen molar-refractivity contribution in [2.45, 2.75) is 38.3 Å². The van der Waals surface area contributed by atoms with Gasteiger partial charge in [-0.15, -0.1) is 0 Å². The molecule has 2 nitrogen and oxygen atoms in total. The largest absolute Gasteiger partial charge is 0.394 e. The number of fused-ring (bicyclic) bond motifs is 2. The van der Waals surface area contributed by atoms with Crippen molar-refractivity contribution in [2.24, 2.45) is 10.8 Å². The summed E-state index contributed by atoms with van der Waals surface area (Å²) in [6.07, 6.45) is -3.57. The van der Waals surface area contributed by atoms with Crippen LogP contribution in [-0.2, 0) is 4.79 Å². The van der Waals surface area contributed by atoms with E-state index in [1.54, 1.807) is 0 Å². The molecule has 0 N–H and O–H groups in total. The molecule has 0 atom stereocenters. The fourth-order valence-corrected chi connectivity index (χ4v) is 3.21. The first-order valence-corrected chi connectivity index (χ1v) is 5.29. The smallest absolute Gasteiger partial charge is 0.308 e. The Hall–Kier alpha value is -1.05. The number of carbonyl (C=O) groups excluding carboxylic acids is 1. The van der Waals surface area contributed by atoms with E-state index in [0.29, 0.717) is 12.8 Å². The van der Waals surface area contributed by atoms with Gasteiger partial charge in [0, 0.05) is 5.41 Å². The van der Waals surface area contributed by atoms with Crippen molar-refractivity contribution in [1.82, 2.24) is 0 Å². The number of carbonyl (C=O) groups is 1. The second-order valence-corrected chi connectivity index (χ2v) is 4.97. The van der Waals surface area contributed by atoms with Gasteiger partial charge in [-0.1, -0.05) is 0 Å². The zero-order valence-corrected chi connectivity index (χ0v) is 8.73. The number of rotatable bonds is 2. The number of ketones is 1. The van der Waals surface area contributed by atoms with Crippen LogP contribution in [0.15, 0.2) is 0 Å². The van der Waals surface area contributed by atoms with E-state index in [1.807, 2.05) is 0 Å². The van der Waals surface area contributed by atoms with Crippen LogP contribution in [0.1, 0.15) is 32.1 Å². The summed E-state index contributed by atoms with van der Waals surface area (Å²) in [5.74, 6) is -0.286. The lowest BCUT2D eigenvalue weighted by Gasteiger charge is -2.29. The van der Waals surface area contributed by atoms with Crippen molar-refractivity contribution in [1.29, 1.82) is 0 Å². The van der Waals surface area contributed by atoms with E-state index in [4.69, 9.17) is 6.57 Å². The van der Waals surface area contributed by atoms with Gasteiger partial charge in [0.1, 0.15) is 0 Å². The molecule has 2 rings (SSSR count). The highest BCUT2D eigenvalue weighted by molar-refractivity contribution is 5.88. The van der Waals surface area contributed by atoms with E-state index in [1.165, 1.54) is 0 Å². The second-order valence-electron chi connectivity index (χ2n) is 4.97. The van der Waals surface area contributed by atoms with E-state index in [0.717, 1.165) is 0 Å². The average Bonchev–Trinajstić information content (AvgIpc) is 2.75. The van der Waals surface area contributed by atoms with Gasteiger partial charge in [0.15, 0.2) is 0 Å². The molecule has 0 unspecified atom stereocenters. The minimum Gasteiger partial charge on any atom is -0.308 e. The van der Waals surface area contributed by atoms with Crippen LogP contribution in [0.25, 0.3) is 4.85 Å². The Morgan fingerprint density at radius 2 is 1.81 bits per heavy atom. The summed E-state index contributed by atoms with van der Waals surface area (Å²) >= 11 is 0. The molecule has 0 saturated heterocycles. The van der Waals surface area contributed by atoms with Gasteiger partial charge < -0.3 is 4.85 Å². The highest BCUT2D eigenvalue weighted by Crippen LogP contribution is 2.67. The molecule has 0 amide bonds. The Morgan fingerprint density at radius 3 is 2.19 bits per heavy atom. The predicted octanol–water partition coefficient (Wildman–Crippen LogP) is 2.99. The highest BCUT2D eigenvalue weighted by Gasteiger charge is 2.68. The van der Waals surface area contributed by atoms with Crippen LogP contribution in [0.4, 0.5) is 13.2 Å². The number of hydrogen-bond donors (Lipinski definition) is 0. The molecular weight excluding hydrogens is 219 g/mol. The molecule has 0 aromatic rings. The third-order valence-corrected chi connectivity index (χ3v) is 4.26. The van der Waals surface area contributed by atoms with Crippen LogP contribution in [0.3, 0.4) is 0 Å². The van der Waals surface area contributed by atoms with Crippen LogP contribution in [0, 0.1) is 17.4 Å². The third-order valence-electron chi connectivity index (χ3n) is 4.26. The van der Waals surface area contributed by atoms with Crippen molar-refractivity contribution < 1.29 is 18.0 Å². The lowest BCUT2D eigenvalue weighted by Crippen LogP contribution is -2.33. The van der Waals surface area contributed by atoms with Crippen LogP contribution in [0.2, 0.25) is 0 Å². The van der Waals surface area contributed by atoms with Crippen LogP contribution >= 0.6 is 0 Å². The van der Waals surface area contributed by atoms with Gasteiger partial charge in [0.25, 0.3) is 6.54 Å². The molecule has 2 aliphatic carbocycles. The van der Waals surface area contributed by atoms with Gasteiger partial charge in [-0.2, -0.15) is 13.2 Å². The Morgan fingerprint density at radius 1 is 1.25 bits per heavy atom. The van der Waals surface area contributed by atoms with E-state index in [9.17, 15) is 18.0 Å². The quantitative estimate of drug-likeness (QED) is 0.669. The SMILES string of the molecule is [C-]#[N+]CC(=O)C12CCC(C(F)(F)F)(CC1)C2. The summed E-state index contributed by atoms with van der Waals surface area (Å²) in [5, 5.41) is 0. The van der Waals surface area contributed by atoms with E-state index in [2.05, 4.69) is 4.85 Å². The molecule has 88 valence electrons. The molecule has 2 bridgehead atoms. The maximum Gasteiger partial charge on any atom is 0.394 e. The standard InChI is InChI=1S/C11H12F3NO/c1-15-6-8(16)9-2-4-10(7-9,5-3-9)11(12,13)14/h2-7H2. The van der Waals surface area contributed by atoms with Crippen LogP contribution < -0.4 is 0 Å². The summed E-state index contributed by atoms with van der Waals surface area (Å²) in [6.45, 7) is 6.36.